The lowest BCUT2D eigenvalue weighted by Gasteiger charge is -2.29. The second kappa shape index (κ2) is 7.68. The van der Waals surface area contributed by atoms with E-state index in [9.17, 15) is 9.59 Å². The summed E-state index contributed by atoms with van der Waals surface area (Å²) in [6.45, 7) is 3.93. The highest BCUT2D eigenvalue weighted by molar-refractivity contribution is 6.40. The molecule has 0 aliphatic heterocycles. The van der Waals surface area contributed by atoms with Gasteiger partial charge in [0.05, 0.1) is 12.8 Å². The van der Waals surface area contributed by atoms with Gasteiger partial charge in [0.15, 0.2) is 0 Å². The molecule has 2 rings (SSSR count). The normalized spacial score (nSPS) is 20.7. The Bertz CT molecular complexity index is 604. The number of hydrogen-bond acceptors (Lipinski definition) is 3. The fourth-order valence-electron chi connectivity index (χ4n) is 2.87. The number of amides is 2. The van der Waals surface area contributed by atoms with Crippen LogP contribution in [0.2, 0.25) is 5.02 Å². The van der Waals surface area contributed by atoms with Gasteiger partial charge in [0.25, 0.3) is 0 Å². The standard InChI is InChI=1S/C17H23ClN2O3/c1-10-6-4-5-7-13(10)19-16(21)17(22)20-14-8-11(2)12(18)9-15(14)23-3/h8-10,13H,4-7H2,1-3H3,(H,19,21)(H,20,22). The van der Waals surface area contributed by atoms with Gasteiger partial charge in [0.1, 0.15) is 5.75 Å². The Hall–Kier alpha value is -1.75. The van der Waals surface area contributed by atoms with Gasteiger partial charge in [-0.25, -0.2) is 0 Å². The lowest BCUT2D eigenvalue weighted by atomic mass is 9.86. The van der Waals surface area contributed by atoms with Gasteiger partial charge in [-0.3, -0.25) is 9.59 Å². The lowest BCUT2D eigenvalue weighted by molar-refractivity contribution is -0.137. The molecule has 0 radical (unpaired) electrons. The van der Waals surface area contributed by atoms with Crippen molar-refractivity contribution in [3.8, 4) is 5.75 Å². The Morgan fingerprint density at radius 1 is 1.22 bits per heavy atom. The molecule has 1 aliphatic rings. The van der Waals surface area contributed by atoms with Gasteiger partial charge < -0.3 is 15.4 Å². The molecule has 1 aromatic rings. The third-order valence-corrected chi connectivity index (χ3v) is 4.77. The van der Waals surface area contributed by atoms with Crippen LogP contribution in [-0.2, 0) is 9.59 Å². The van der Waals surface area contributed by atoms with Crippen molar-refractivity contribution < 1.29 is 14.3 Å². The first-order chi connectivity index (χ1) is 10.9. The maximum atomic E-state index is 12.1. The van der Waals surface area contributed by atoms with E-state index in [1.54, 1.807) is 12.1 Å². The van der Waals surface area contributed by atoms with E-state index in [-0.39, 0.29) is 6.04 Å². The monoisotopic (exact) mass is 338 g/mol. The molecule has 5 nitrogen and oxygen atoms in total. The zero-order chi connectivity index (χ0) is 17.0. The highest BCUT2D eigenvalue weighted by Gasteiger charge is 2.26. The van der Waals surface area contributed by atoms with Crippen molar-refractivity contribution in [1.29, 1.82) is 0 Å². The van der Waals surface area contributed by atoms with Crippen LogP contribution in [-0.4, -0.2) is 25.0 Å². The number of aryl methyl sites for hydroxylation is 1. The largest absolute Gasteiger partial charge is 0.495 e. The van der Waals surface area contributed by atoms with Crippen LogP contribution in [0, 0.1) is 12.8 Å². The average Bonchev–Trinajstić information content (AvgIpc) is 2.52. The van der Waals surface area contributed by atoms with Crippen molar-refractivity contribution in [1.82, 2.24) is 5.32 Å². The van der Waals surface area contributed by atoms with E-state index < -0.39 is 11.8 Å². The van der Waals surface area contributed by atoms with Crippen LogP contribution in [0.5, 0.6) is 5.75 Å². The summed E-state index contributed by atoms with van der Waals surface area (Å²) in [5.41, 5.74) is 1.23. The Kier molecular flexibility index (Phi) is 5.88. The van der Waals surface area contributed by atoms with Crippen molar-refractivity contribution >= 4 is 29.1 Å². The molecule has 2 amide bonds. The van der Waals surface area contributed by atoms with Crippen molar-refractivity contribution in [3.63, 3.8) is 0 Å². The Morgan fingerprint density at radius 3 is 2.57 bits per heavy atom. The number of halogens is 1. The zero-order valence-electron chi connectivity index (χ0n) is 13.7. The number of hydrogen-bond donors (Lipinski definition) is 2. The number of methoxy groups -OCH3 is 1. The minimum absolute atomic E-state index is 0.0656. The molecule has 1 fully saturated rings. The molecule has 6 heteroatoms. The van der Waals surface area contributed by atoms with Crippen LogP contribution in [0.1, 0.15) is 38.2 Å². The second-order valence-corrected chi connectivity index (χ2v) is 6.50. The van der Waals surface area contributed by atoms with Crippen LogP contribution < -0.4 is 15.4 Å². The molecule has 23 heavy (non-hydrogen) atoms. The van der Waals surface area contributed by atoms with Crippen LogP contribution >= 0.6 is 11.6 Å². The topological polar surface area (TPSA) is 67.4 Å². The highest BCUT2D eigenvalue weighted by Crippen LogP contribution is 2.31. The highest BCUT2D eigenvalue weighted by atomic mass is 35.5. The molecular weight excluding hydrogens is 316 g/mol. The first kappa shape index (κ1) is 17.6. The number of ether oxygens (including phenoxy) is 1. The number of anilines is 1. The minimum atomic E-state index is -0.692. The SMILES string of the molecule is COc1cc(Cl)c(C)cc1NC(=O)C(=O)NC1CCCCC1C. The summed E-state index contributed by atoms with van der Waals surface area (Å²) in [7, 11) is 1.49. The fourth-order valence-corrected chi connectivity index (χ4v) is 3.03. The van der Waals surface area contributed by atoms with Crippen LogP contribution in [0.25, 0.3) is 0 Å². The summed E-state index contributed by atoms with van der Waals surface area (Å²) in [5, 5.41) is 5.98. The van der Waals surface area contributed by atoms with Crippen LogP contribution in [0.3, 0.4) is 0 Å². The summed E-state index contributed by atoms with van der Waals surface area (Å²) in [6.07, 6.45) is 4.27. The molecule has 126 valence electrons. The third kappa shape index (κ3) is 4.38. The molecule has 2 unspecified atom stereocenters. The fraction of sp³-hybridized carbons (Fsp3) is 0.529. The summed E-state index contributed by atoms with van der Waals surface area (Å²) in [6, 6.07) is 3.37. The van der Waals surface area contributed by atoms with Gasteiger partial charge in [-0.15, -0.1) is 0 Å². The molecule has 2 N–H and O–H groups in total. The van der Waals surface area contributed by atoms with E-state index in [4.69, 9.17) is 16.3 Å². The molecule has 0 aromatic heterocycles. The van der Waals surface area contributed by atoms with Gasteiger partial charge >= 0.3 is 11.8 Å². The van der Waals surface area contributed by atoms with Crippen LogP contribution in [0.15, 0.2) is 12.1 Å². The maximum Gasteiger partial charge on any atom is 0.313 e. The van der Waals surface area contributed by atoms with Gasteiger partial charge in [-0.1, -0.05) is 31.4 Å². The van der Waals surface area contributed by atoms with E-state index in [1.807, 2.05) is 6.92 Å². The molecule has 2 atom stereocenters. The second-order valence-electron chi connectivity index (χ2n) is 6.10. The van der Waals surface area contributed by atoms with E-state index in [0.29, 0.717) is 22.4 Å². The molecule has 1 aromatic carbocycles. The van der Waals surface area contributed by atoms with E-state index in [2.05, 4.69) is 17.6 Å². The van der Waals surface area contributed by atoms with Gasteiger partial charge in [-0.2, -0.15) is 0 Å². The smallest absolute Gasteiger partial charge is 0.313 e. The van der Waals surface area contributed by atoms with Crippen molar-refractivity contribution in [3.05, 3.63) is 22.7 Å². The Morgan fingerprint density at radius 2 is 1.91 bits per heavy atom. The number of rotatable bonds is 3. The molecule has 0 spiro atoms. The molecule has 0 heterocycles. The Labute approximate surface area is 141 Å². The lowest BCUT2D eigenvalue weighted by Crippen LogP contribution is -2.45. The molecular formula is C17H23ClN2O3. The van der Waals surface area contributed by atoms with E-state index in [0.717, 1.165) is 24.8 Å². The number of benzene rings is 1. The zero-order valence-corrected chi connectivity index (χ0v) is 14.5. The predicted molar refractivity (Wildman–Crippen MR) is 90.9 cm³/mol. The molecule has 0 saturated heterocycles. The summed E-state index contributed by atoms with van der Waals surface area (Å²) >= 11 is 6.04. The maximum absolute atomic E-state index is 12.1. The van der Waals surface area contributed by atoms with Crippen molar-refractivity contribution in [2.24, 2.45) is 5.92 Å². The van der Waals surface area contributed by atoms with E-state index >= 15 is 0 Å². The predicted octanol–water partition coefficient (Wildman–Crippen LogP) is 3.29. The van der Waals surface area contributed by atoms with Gasteiger partial charge in [0, 0.05) is 17.1 Å². The van der Waals surface area contributed by atoms with E-state index in [1.165, 1.54) is 13.5 Å². The number of nitrogens with one attached hydrogen (secondary N) is 2. The van der Waals surface area contributed by atoms with Gasteiger partial charge in [-0.05, 0) is 37.3 Å². The minimum Gasteiger partial charge on any atom is -0.495 e. The molecule has 0 bridgehead atoms. The average molecular weight is 339 g/mol. The summed E-state index contributed by atoms with van der Waals surface area (Å²) in [4.78, 5) is 24.3. The summed E-state index contributed by atoms with van der Waals surface area (Å²) < 4.78 is 5.20. The van der Waals surface area contributed by atoms with Crippen molar-refractivity contribution in [2.75, 3.05) is 12.4 Å². The van der Waals surface area contributed by atoms with Crippen molar-refractivity contribution in [2.45, 2.75) is 45.6 Å². The first-order valence-corrected chi connectivity index (χ1v) is 8.26. The molecule has 1 aliphatic carbocycles. The third-order valence-electron chi connectivity index (χ3n) is 4.36. The number of carbonyl (C=O) groups is 2. The number of carbonyl (C=O) groups excluding carboxylic acids is 2. The Balaban J connectivity index is 2.03. The quantitative estimate of drug-likeness (QED) is 0.831. The van der Waals surface area contributed by atoms with Crippen LogP contribution in [0.4, 0.5) is 5.69 Å². The molecule has 1 saturated carbocycles. The van der Waals surface area contributed by atoms with Gasteiger partial charge in [0.2, 0.25) is 0 Å². The summed E-state index contributed by atoms with van der Waals surface area (Å²) in [5.74, 6) is -0.484. The first-order valence-electron chi connectivity index (χ1n) is 7.88.